The molecule has 1 aliphatic rings. The maximum Gasteiger partial charge on any atom is 0.0506 e. The van der Waals surface area contributed by atoms with Crippen LogP contribution in [0.15, 0.2) is 28.7 Å². The van der Waals surface area contributed by atoms with Gasteiger partial charge in [0.2, 0.25) is 0 Å². The highest BCUT2D eigenvalue weighted by atomic mass is 79.9. The molecule has 1 aromatic carbocycles. The molecule has 1 N–H and O–H groups in total. The molecule has 1 aromatic rings. The van der Waals surface area contributed by atoms with E-state index in [0.717, 1.165) is 30.7 Å². The molecule has 2 unspecified atom stereocenters. The summed E-state index contributed by atoms with van der Waals surface area (Å²) in [6.45, 7) is 5.21. The molecule has 0 amide bonds. The zero-order valence-corrected chi connectivity index (χ0v) is 12.6. The average Bonchev–Trinajstić information content (AvgIpc) is 2.40. The summed E-state index contributed by atoms with van der Waals surface area (Å²) >= 11 is 3.46. The van der Waals surface area contributed by atoms with E-state index in [1.165, 1.54) is 18.4 Å². The van der Waals surface area contributed by atoms with Crippen LogP contribution in [0.1, 0.15) is 25.3 Å². The SMILES string of the molecule is CC(Cc1ccc(Br)cc1)NCC1CCCOC1. The summed E-state index contributed by atoms with van der Waals surface area (Å²) in [5.41, 5.74) is 1.39. The van der Waals surface area contributed by atoms with Crippen LogP contribution < -0.4 is 5.32 Å². The molecule has 1 aliphatic heterocycles. The van der Waals surface area contributed by atoms with Crippen molar-refractivity contribution in [3.63, 3.8) is 0 Å². The molecule has 2 rings (SSSR count). The summed E-state index contributed by atoms with van der Waals surface area (Å²) in [6, 6.07) is 9.11. The van der Waals surface area contributed by atoms with Crippen molar-refractivity contribution in [2.75, 3.05) is 19.8 Å². The summed E-state index contributed by atoms with van der Waals surface area (Å²) in [7, 11) is 0. The molecule has 1 fully saturated rings. The lowest BCUT2D eigenvalue weighted by molar-refractivity contribution is 0.0540. The van der Waals surface area contributed by atoms with Gasteiger partial charge in [-0.05, 0) is 49.8 Å². The number of benzene rings is 1. The van der Waals surface area contributed by atoms with Crippen molar-refractivity contribution in [3.8, 4) is 0 Å². The summed E-state index contributed by atoms with van der Waals surface area (Å²) in [5.74, 6) is 0.700. The first-order chi connectivity index (χ1) is 8.74. The molecular formula is C15H22BrNO. The Morgan fingerprint density at radius 3 is 2.83 bits per heavy atom. The molecule has 0 aromatic heterocycles. The molecule has 100 valence electrons. The third kappa shape index (κ3) is 4.71. The molecule has 0 spiro atoms. The lowest BCUT2D eigenvalue weighted by atomic mass is 10.0. The second-order valence-corrected chi connectivity index (χ2v) is 6.14. The van der Waals surface area contributed by atoms with Gasteiger partial charge in [0, 0.05) is 23.7 Å². The quantitative estimate of drug-likeness (QED) is 0.900. The van der Waals surface area contributed by atoms with Crippen molar-refractivity contribution >= 4 is 15.9 Å². The average molecular weight is 312 g/mol. The van der Waals surface area contributed by atoms with E-state index in [4.69, 9.17) is 4.74 Å². The zero-order chi connectivity index (χ0) is 12.8. The van der Waals surface area contributed by atoms with Gasteiger partial charge in [-0.3, -0.25) is 0 Å². The fraction of sp³-hybridized carbons (Fsp3) is 0.600. The minimum atomic E-state index is 0.521. The van der Waals surface area contributed by atoms with Crippen molar-refractivity contribution in [1.29, 1.82) is 0 Å². The molecule has 2 nitrogen and oxygen atoms in total. The van der Waals surface area contributed by atoms with E-state index in [1.807, 2.05) is 0 Å². The molecule has 0 aliphatic carbocycles. The largest absolute Gasteiger partial charge is 0.381 e. The van der Waals surface area contributed by atoms with Crippen molar-refractivity contribution in [2.45, 2.75) is 32.2 Å². The van der Waals surface area contributed by atoms with Crippen LogP contribution in [0.3, 0.4) is 0 Å². The predicted octanol–water partition coefficient (Wildman–Crippen LogP) is 3.40. The normalized spacial score (nSPS) is 21.8. The monoisotopic (exact) mass is 311 g/mol. The fourth-order valence-electron chi connectivity index (χ4n) is 2.38. The Morgan fingerprint density at radius 2 is 2.17 bits per heavy atom. The van der Waals surface area contributed by atoms with E-state index in [0.29, 0.717) is 12.0 Å². The minimum Gasteiger partial charge on any atom is -0.381 e. The molecular weight excluding hydrogens is 290 g/mol. The van der Waals surface area contributed by atoms with Gasteiger partial charge in [-0.15, -0.1) is 0 Å². The van der Waals surface area contributed by atoms with Crippen LogP contribution >= 0.6 is 15.9 Å². The summed E-state index contributed by atoms with van der Waals surface area (Å²) in [5, 5.41) is 3.62. The number of halogens is 1. The van der Waals surface area contributed by atoms with Crippen molar-refractivity contribution in [3.05, 3.63) is 34.3 Å². The molecule has 1 saturated heterocycles. The topological polar surface area (TPSA) is 21.3 Å². The van der Waals surface area contributed by atoms with Crippen LogP contribution in [0.25, 0.3) is 0 Å². The molecule has 18 heavy (non-hydrogen) atoms. The van der Waals surface area contributed by atoms with Crippen LogP contribution in [-0.2, 0) is 11.2 Å². The number of rotatable bonds is 5. The van der Waals surface area contributed by atoms with Gasteiger partial charge in [0.05, 0.1) is 6.61 Å². The highest BCUT2D eigenvalue weighted by Gasteiger charge is 2.14. The maximum absolute atomic E-state index is 5.50. The van der Waals surface area contributed by atoms with Crippen molar-refractivity contribution < 1.29 is 4.74 Å². The number of ether oxygens (including phenoxy) is 1. The van der Waals surface area contributed by atoms with Gasteiger partial charge in [0.25, 0.3) is 0 Å². The smallest absolute Gasteiger partial charge is 0.0506 e. The summed E-state index contributed by atoms with van der Waals surface area (Å²) in [6.07, 6.45) is 3.60. The molecule has 1 heterocycles. The lowest BCUT2D eigenvalue weighted by Crippen LogP contribution is -2.35. The first-order valence-corrected chi connectivity index (χ1v) is 7.59. The third-order valence-electron chi connectivity index (χ3n) is 3.46. The Labute approximate surface area is 118 Å². The number of hydrogen-bond acceptors (Lipinski definition) is 2. The Bertz CT molecular complexity index is 346. The Balaban J connectivity index is 1.71. The maximum atomic E-state index is 5.50. The molecule has 3 heteroatoms. The highest BCUT2D eigenvalue weighted by Crippen LogP contribution is 2.14. The van der Waals surface area contributed by atoms with Gasteiger partial charge in [0.1, 0.15) is 0 Å². The van der Waals surface area contributed by atoms with Gasteiger partial charge in [0.15, 0.2) is 0 Å². The van der Waals surface area contributed by atoms with E-state index in [1.54, 1.807) is 0 Å². The van der Waals surface area contributed by atoms with E-state index >= 15 is 0 Å². The number of nitrogens with one attached hydrogen (secondary N) is 1. The van der Waals surface area contributed by atoms with E-state index in [9.17, 15) is 0 Å². The van der Waals surface area contributed by atoms with Gasteiger partial charge < -0.3 is 10.1 Å². The standard InChI is InChI=1S/C15H22BrNO/c1-12(9-13-4-6-15(16)7-5-13)17-10-14-3-2-8-18-11-14/h4-7,12,14,17H,2-3,8-11H2,1H3. The van der Waals surface area contributed by atoms with E-state index < -0.39 is 0 Å². The van der Waals surface area contributed by atoms with Gasteiger partial charge >= 0.3 is 0 Å². The molecule has 0 bridgehead atoms. The summed E-state index contributed by atoms with van der Waals surface area (Å²) < 4.78 is 6.65. The second-order valence-electron chi connectivity index (χ2n) is 5.22. The molecule has 2 atom stereocenters. The van der Waals surface area contributed by atoms with Gasteiger partial charge in [-0.2, -0.15) is 0 Å². The highest BCUT2D eigenvalue weighted by molar-refractivity contribution is 9.10. The Hall–Kier alpha value is -0.380. The van der Waals surface area contributed by atoms with Crippen LogP contribution in [0.2, 0.25) is 0 Å². The molecule has 0 saturated carbocycles. The molecule has 0 radical (unpaired) electrons. The number of hydrogen-bond donors (Lipinski definition) is 1. The second kappa shape index (κ2) is 7.27. The zero-order valence-electron chi connectivity index (χ0n) is 11.0. The van der Waals surface area contributed by atoms with Crippen LogP contribution in [0.4, 0.5) is 0 Å². The van der Waals surface area contributed by atoms with Crippen LogP contribution in [0.5, 0.6) is 0 Å². The van der Waals surface area contributed by atoms with Gasteiger partial charge in [-0.25, -0.2) is 0 Å². The van der Waals surface area contributed by atoms with Crippen LogP contribution in [-0.4, -0.2) is 25.8 Å². The summed E-state index contributed by atoms with van der Waals surface area (Å²) in [4.78, 5) is 0. The first kappa shape index (κ1) is 14.0. The third-order valence-corrected chi connectivity index (χ3v) is 3.99. The van der Waals surface area contributed by atoms with Crippen molar-refractivity contribution in [2.24, 2.45) is 5.92 Å². The fourth-order valence-corrected chi connectivity index (χ4v) is 2.65. The Kier molecular flexibility index (Phi) is 5.67. The van der Waals surface area contributed by atoms with Crippen LogP contribution in [0, 0.1) is 5.92 Å². The van der Waals surface area contributed by atoms with Gasteiger partial charge in [-0.1, -0.05) is 28.1 Å². The van der Waals surface area contributed by atoms with Crippen molar-refractivity contribution in [1.82, 2.24) is 5.32 Å². The Morgan fingerprint density at radius 1 is 1.39 bits per heavy atom. The predicted molar refractivity (Wildman–Crippen MR) is 78.9 cm³/mol. The first-order valence-electron chi connectivity index (χ1n) is 6.79. The minimum absolute atomic E-state index is 0.521. The van der Waals surface area contributed by atoms with E-state index in [-0.39, 0.29) is 0 Å². The van der Waals surface area contributed by atoms with E-state index in [2.05, 4.69) is 52.4 Å². The lowest BCUT2D eigenvalue weighted by Gasteiger charge is -2.24.